The Labute approximate surface area is 185 Å². The van der Waals surface area contributed by atoms with Crippen LogP contribution in [0, 0.1) is 0 Å². The summed E-state index contributed by atoms with van der Waals surface area (Å²) in [6, 6.07) is 8.65. The number of fused-ring (bicyclic) bond motifs is 1. The Hall–Kier alpha value is -2.29. The molecule has 150 valence electrons. The number of nitrogens with one attached hydrogen (secondary N) is 1. The maximum Gasteiger partial charge on any atom is 0.229 e. The second kappa shape index (κ2) is 8.22. The van der Waals surface area contributed by atoms with Crippen molar-refractivity contribution in [3.63, 3.8) is 0 Å². The average Bonchev–Trinajstić information content (AvgIpc) is 3.15. The molecule has 0 fully saturated rings. The smallest absolute Gasteiger partial charge is 0.229 e. The fourth-order valence-electron chi connectivity index (χ4n) is 3.13. The van der Waals surface area contributed by atoms with E-state index in [1.807, 2.05) is 18.2 Å². The van der Waals surface area contributed by atoms with Crippen molar-refractivity contribution in [2.45, 2.75) is 19.1 Å². The van der Waals surface area contributed by atoms with E-state index in [4.69, 9.17) is 32.7 Å². The zero-order valence-electron chi connectivity index (χ0n) is 15.2. The molecular formula is C19H15BrCl2N4O3. The van der Waals surface area contributed by atoms with Crippen molar-refractivity contribution < 1.29 is 14.3 Å². The highest BCUT2D eigenvalue weighted by Crippen LogP contribution is 2.41. The third-order valence-electron chi connectivity index (χ3n) is 4.52. The van der Waals surface area contributed by atoms with Crippen LogP contribution in [-0.2, 0) is 11.4 Å². The highest BCUT2D eigenvalue weighted by molar-refractivity contribution is 9.10. The lowest BCUT2D eigenvalue weighted by Crippen LogP contribution is -2.29. The molecule has 0 aliphatic carbocycles. The molecular weight excluding hydrogens is 483 g/mol. The standard InChI is InChI=1S/C19H15BrCl2N4O3/c1-28-16-5-11(15-7-17(27)25-19-23-9-24-26(15)19)4-13(20)18(16)29-8-10-2-3-12(21)6-14(10)22/h2-6,9,15H,7-8H2,1H3,(H,23,24,25,27)/t15-/m1/s1. The van der Waals surface area contributed by atoms with Crippen molar-refractivity contribution in [1.29, 1.82) is 0 Å². The number of carbonyl (C=O) groups excluding carboxylic acids is 1. The molecule has 1 N–H and O–H groups in total. The van der Waals surface area contributed by atoms with Crippen LogP contribution < -0.4 is 14.8 Å². The summed E-state index contributed by atoms with van der Waals surface area (Å²) in [5.41, 5.74) is 1.64. The van der Waals surface area contributed by atoms with Crippen LogP contribution >= 0.6 is 39.1 Å². The van der Waals surface area contributed by atoms with Gasteiger partial charge in [-0.1, -0.05) is 29.3 Å². The van der Waals surface area contributed by atoms with Gasteiger partial charge in [0.05, 0.1) is 24.0 Å². The number of hydrogen-bond donors (Lipinski definition) is 1. The lowest BCUT2D eigenvalue weighted by molar-refractivity contribution is -0.117. The fraction of sp³-hybridized carbons (Fsp3) is 0.211. The Morgan fingerprint density at radius 3 is 2.90 bits per heavy atom. The number of hydrogen-bond acceptors (Lipinski definition) is 5. The largest absolute Gasteiger partial charge is 0.493 e. The molecule has 0 saturated heterocycles. The van der Waals surface area contributed by atoms with Crippen LogP contribution in [0.5, 0.6) is 11.5 Å². The molecule has 0 unspecified atom stereocenters. The van der Waals surface area contributed by atoms with Gasteiger partial charge in [-0.2, -0.15) is 10.1 Å². The first-order chi connectivity index (χ1) is 14.0. The van der Waals surface area contributed by atoms with Gasteiger partial charge in [0.1, 0.15) is 12.9 Å². The summed E-state index contributed by atoms with van der Waals surface area (Å²) in [4.78, 5) is 16.1. The number of aromatic nitrogens is 3. The number of amides is 1. The van der Waals surface area contributed by atoms with Gasteiger partial charge < -0.3 is 9.47 Å². The van der Waals surface area contributed by atoms with E-state index < -0.39 is 0 Å². The molecule has 1 atom stereocenters. The van der Waals surface area contributed by atoms with Crippen molar-refractivity contribution in [2.24, 2.45) is 0 Å². The summed E-state index contributed by atoms with van der Waals surface area (Å²) in [5, 5.41) is 8.02. The minimum Gasteiger partial charge on any atom is -0.493 e. The van der Waals surface area contributed by atoms with E-state index in [1.54, 1.807) is 23.9 Å². The van der Waals surface area contributed by atoms with Crippen molar-refractivity contribution >= 4 is 51.0 Å². The van der Waals surface area contributed by atoms with Crippen molar-refractivity contribution in [2.75, 3.05) is 12.4 Å². The van der Waals surface area contributed by atoms with Gasteiger partial charge in [-0.05, 0) is 45.8 Å². The molecule has 10 heteroatoms. The van der Waals surface area contributed by atoms with Crippen LogP contribution in [0.2, 0.25) is 10.0 Å². The minimum atomic E-state index is -0.300. The topological polar surface area (TPSA) is 78.3 Å². The monoisotopic (exact) mass is 496 g/mol. The number of benzene rings is 2. The Bertz CT molecular complexity index is 1090. The molecule has 1 aromatic heterocycles. The van der Waals surface area contributed by atoms with E-state index in [-0.39, 0.29) is 25.0 Å². The maximum atomic E-state index is 12.0. The second-order valence-corrected chi connectivity index (χ2v) is 8.05. The number of rotatable bonds is 5. The van der Waals surface area contributed by atoms with Crippen LogP contribution in [0.3, 0.4) is 0 Å². The maximum absolute atomic E-state index is 12.0. The molecule has 2 heterocycles. The predicted octanol–water partition coefficient (Wildman–Crippen LogP) is 4.87. The van der Waals surface area contributed by atoms with Gasteiger partial charge in [0.2, 0.25) is 11.9 Å². The second-order valence-electron chi connectivity index (χ2n) is 6.35. The molecule has 0 spiro atoms. The van der Waals surface area contributed by atoms with Crippen LogP contribution in [0.15, 0.2) is 41.1 Å². The Morgan fingerprint density at radius 1 is 1.31 bits per heavy atom. The van der Waals surface area contributed by atoms with Crippen LogP contribution in [-0.4, -0.2) is 27.8 Å². The highest BCUT2D eigenvalue weighted by Gasteiger charge is 2.29. The highest BCUT2D eigenvalue weighted by atomic mass is 79.9. The number of anilines is 1. The van der Waals surface area contributed by atoms with Crippen molar-refractivity contribution in [1.82, 2.24) is 14.8 Å². The van der Waals surface area contributed by atoms with Gasteiger partial charge >= 0.3 is 0 Å². The molecule has 2 aromatic carbocycles. The number of nitrogens with zero attached hydrogens (tertiary/aromatic N) is 3. The van der Waals surface area contributed by atoms with Gasteiger partial charge in [-0.25, -0.2) is 4.68 Å². The van der Waals surface area contributed by atoms with Gasteiger partial charge in [-0.15, -0.1) is 0 Å². The summed E-state index contributed by atoms with van der Waals surface area (Å²) in [7, 11) is 1.56. The van der Waals surface area contributed by atoms with E-state index in [0.717, 1.165) is 11.1 Å². The molecule has 4 rings (SSSR count). The first-order valence-corrected chi connectivity index (χ1v) is 10.1. The molecule has 29 heavy (non-hydrogen) atoms. The summed E-state index contributed by atoms with van der Waals surface area (Å²) in [6.07, 6.45) is 1.65. The molecule has 7 nitrogen and oxygen atoms in total. The van der Waals surface area contributed by atoms with Gasteiger partial charge in [0.25, 0.3) is 0 Å². The molecule has 0 bridgehead atoms. The lowest BCUT2D eigenvalue weighted by Gasteiger charge is -2.25. The zero-order valence-corrected chi connectivity index (χ0v) is 18.3. The Kier molecular flexibility index (Phi) is 5.67. The molecule has 1 aliphatic rings. The van der Waals surface area contributed by atoms with E-state index in [9.17, 15) is 4.79 Å². The van der Waals surface area contributed by atoms with Crippen molar-refractivity contribution in [3.05, 3.63) is 62.3 Å². The number of carbonyl (C=O) groups is 1. The van der Waals surface area contributed by atoms with Gasteiger partial charge in [-0.3, -0.25) is 10.1 Å². The average molecular weight is 498 g/mol. The van der Waals surface area contributed by atoms with Crippen LogP contribution in [0.25, 0.3) is 0 Å². The summed E-state index contributed by atoms with van der Waals surface area (Å²) in [6.45, 7) is 0.239. The Morgan fingerprint density at radius 2 is 2.14 bits per heavy atom. The summed E-state index contributed by atoms with van der Waals surface area (Å²) < 4.78 is 13.9. The molecule has 1 aliphatic heterocycles. The van der Waals surface area contributed by atoms with E-state index >= 15 is 0 Å². The third kappa shape index (κ3) is 4.05. The van der Waals surface area contributed by atoms with Gasteiger partial charge in [0, 0.05) is 15.6 Å². The first-order valence-electron chi connectivity index (χ1n) is 8.59. The van der Waals surface area contributed by atoms with E-state index in [2.05, 4.69) is 31.3 Å². The van der Waals surface area contributed by atoms with Gasteiger partial charge in [0.15, 0.2) is 11.5 Å². The molecule has 0 radical (unpaired) electrons. The number of methoxy groups -OCH3 is 1. The predicted molar refractivity (Wildman–Crippen MR) is 113 cm³/mol. The zero-order chi connectivity index (χ0) is 20.5. The van der Waals surface area contributed by atoms with E-state index in [1.165, 1.54) is 6.33 Å². The summed E-state index contributed by atoms with van der Waals surface area (Å²) >= 11 is 15.7. The minimum absolute atomic E-state index is 0.122. The third-order valence-corrected chi connectivity index (χ3v) is 5.70. The van der Waals surface area contributed by atoms with E-state index in [0.29, 0.717) is 32.0 Å². The molecule has 1 amide bonds. The number of halogens is 3. The fourth-order valence-corrected chi connectivity index (χ4v) is 4.16. The summed E-state index contributed by atoms with van der Waals surface area (Å²) in [5.74, 6) is 1.34. The number of ether oxygens (including phenoxy) is 2. The van der Waals surface area contributed by atoms with Crippen LogP contribution in [0.1, 0.15) is 23.6 Å². The molecule has 0 saturated carbocycles. The SMILES string of the molecule is COc1cc([C@H]2CC(=O)Nc3ncnn32)cc(Br)c1OCc1ccc(Cl)cc1Cl. The quantitative estimate of drug-likeness (QED) is 0.544. The lowest BCUT2D eigenvalue weighted by atomic mass is 10.0. The molecule has 3 aromatic rings. The van der Waals surface area contributed by atoms with Crippen molar-refractivity contribution in [3.8, 4) is 11.5 Å². The van der Waals surface area contributed by atoms with Crippen LogP contribution in [0.4, 0.5) is 5.95 Å². The first kappa shape index (κ1) is 20.0. The normalized spacial score (nSPS) is 15.6. The Balaban J connectivity index is 1.64.